The van der Waals surface area contributed by atoms with E-state index in [1.54, 1.807) is 13.0 Å². The number of nitrogens with one attached hydrogen (secondary N) is 2. The van der Waals surface area contributed by atoms with Crippen LogP contribution in [0.2, 0.25) is 0 Å². The summed E-state index contributed by atoms with van der Waals surface area (Å²) in [5.74, 6) is 3.09. The molecule has 2 aromatic rings. The van der Waals surface area contributed by atoms with E-state index in [1.165, 1.54) is 0 Å². The van der Waals surface area contributed by atoms with Crippen molar-refractivity contribution in [2.75, 3.05) is 5.32 Å². The Morgan fingerprint density at radius 2 is 2.29 bits per heavy atom. The molecule has 0 unspecified atom stereocenters. The Hall–Kier alpha value is -2.22. The first-order valence-electron chi connectivity index (χ1n) is 8.51. The van der Waals surface area contributed by atoms with Crippen LogP contribution in [0, 0.1) is 6.92 Å². The van der Waals surface area contributed by atoms with E-state index in [2.05, 4.69) is 37.5 Å². The van der Waals surface area contributed by atoms with Gasteiger partial charge in [0.2, 0.25) is 5.91 Å². The summed E-state index contributed by atoms with van der Waals surface area (Å²) < 4.78 is 7.16. The molecule has 0 aliphatic carbocycles. The van der Waals surface area contributed by atoms with Crippen LogP contribution in [0.25, 0.3) is 0 Å². The molecule has 1 aliphatic heterocycles. The number of anilines is 1. The first-order valence-corrected chi connectivity index (χ1v) is 8.51. The van der Waals surface area contributed by atoms with Crippen molar-refractivity contribution in [3.05, 3.63) is 23.5 Å². The quantitative estimate of drug-likeness (QED) is 0.831. The third kappa shape index (κ3) is 3.48. The highest BCUT2D eigenvalue weighted by atomic mass is 16.5. The van der Waals surface area contributed by atoms with Gasteiger partial charge in [0.15, 0.2) is 5.82 Å². The second-order valence-electron chi connectivity index (χ2n) is 6.17. The highest BCUT2D eigenvalue weighted by Gasteiger charge is 2.26. The number of nitrogens with zero attached hydrogens (tertiary/aromatic N) is 4. The number of hydrogen-bond acceptors (Lipinski definition) is 6. The second-order valence-corrected chi connectivity index (χ2v) is 6.17. The van der Waals surface area contributed by atoms with E-state index in [-0.39, 0.29) is 18.0 Å². The van der Waals surface area contributed by atoms with Gasteiger partial charge in [-0.1, -0.05) is 19.0 Å². The van der Waals surface area contributed by atoms with Gasteiger partial charge in [0.05, 0.1) is 6.04 Å². The summed E-state index contributed by atoms with van der Waals surface area (Å²) >= 11 is 0. The van der Waals surface area contributed by atoms with Crippen LogP contribution >= 0.6 is 0 Å². The number of rotatable bonds is 6. The summed E-state index contributed by atoms with van der Waals surface area (Å²) in [6, 6.07) is 1.67. The van der Waals surface area contributed by atoms with Crippen molar-refractivity contribution in [1.29, 1.82) is 0 Å². The van der Waals surface area contributed by atoms with E-state index < -0.39 is 0 Å². The Labute approximate surface area is 141 Å². The molecule has 2 aromatic heterocycles. The molecule has 2 N–H and O–H groups in total. The lowest BCUT2D eigenvalue weighted by atomic mass is 10.0. The minimum absolute atomic E-state index is 0.0870. The molecule has 1 amide bonds. The Bertz CT molecular complexity index is 694. The van der Waals surface area contributed by atoms with E-state index in [1.807, 2.05) is 6.92 Å². The third-order valence-corrected chi connectivity index (χ3v) is 4.38. The average molecular weight is 332 g/mol. The Morgan fingerprint density at radius 3 is 2.96 bits per heavy atom. The third-order valence-electron chi connectivity index (χ3n) is 4.38. The summed E-state index contributed by atoms with van der Waals surface area (Å²) in [6.45, 7) is 6.67. The molecule has 0 saturated heterocycles. The fourth-order valence-electron chi connectivity index (χ4n) is 3.08. The topological polar surface area (TPSA) is 97.9 Å². The van der Waals surface area contributed by atoms with Gasteiger partial charge in [0.1, 0.15) is 17.4 Å². The zero-order valence-electron chi connectivity index (χ0n) is 14.4. The summed E-state index contributed by atoms with van der Waals surface area (Å²) in [5, 5.41) is 18.6. The smallest absolute Gasteiger partial charge is 0.242 e. The van der Waals surface area contributed by atoms with E-state index >= 15 is 0 Å². The zero-order valence-corrected chi connectivity index (χ0v) is 14.4. The number of aryl methyl sites for hydroxylation is 3. The Balaban J connectivity index is 1.62. The fourth-order valence-corrected chi connectivity index (χ4v) is 3.08. The van der Waals surface area contributed by atoms with Crippen molar-refractivity contribution < 1.29 is 9.32 Å². The van der Waals surface area contributed by atoms with Gasteiger partial charge in [0, 0.05) is 31.5 Å². The number of carbonyl (C=O) groups is 1. The number of hydrogen-bond donors (Lipinski definition) is 2. The zero-order chi connectivity index (χ0) is 17.1. The summed E-state index contributed by atoms with van der Waals surface area (Å²) in [7, 11) is 0. The largest absolute Gasteiger partial charge is 0.360 e. The van der Waals surface area contributed by atoms with Crippen LogP contribution in [0.15, 0.2) is 10.6 Å². The minimum atomic E-state index is -0.268. The number of fused-ring (bicyclic) bond motifs is 1. The molecule has 24 heavy (non-hydrogen) atoms. The molecule has 0 fully saturated rings. The number of carbonyl (C=O) groups excluding carboxylic acids is 1. The SMILES string of the molecule is CCc1nnc2n1C[C@H](N[C@H](CC)C(=O)Nc1cc(C)on1)CC2. The first kappa shape index (κ1) is 16.6. The molecule has 0 radical (unpaired) electrons. The molecular weight excluding hydrogens is 308 g/mol. The molecule has 0 bridgehead atoms. The lowest BCUT2D eigenvalue weighted by Gasteiger charge is -2.28. The molecule has 2 atom stereocenters. The van der Waals surface area contributed by atoms with Crippen LogP contribution in [0.4, 0.5) is 5.82 Å². The van der Waals surface area contributed by atoms with Crippen LogP contribution < -0.4 is 10.6 Å². The molecule has 0 aromatic carbocycles. The summed E-state index contributed by atoms with van der Waals surface area (Å²) in [4.78, 5) is 12.5. The standard InChI is InChI=1S/C16H24N6O2/c1-4-12(16(23)18-13-8-10(3)24-21-13)17-11-6-7-15-20-19-14(5-2)22(15)9-11/h8,11-12,17H,4-7,9H2,1-3H3,(H,18,21,23)/t11-,12-/m1/s1. The average Bonchev–Trinajstić information content (AvgIpc) is 3.17. The maximum atomic E-state index is 12.5. The van der Waals surface area contributed by atoms with Gasteiger partial charge >= 0.3 is 0 Å². The van der Waals surface area contributed by atoms with Crippen molar-refractivity contribution in [2.45, 2.75) is 65.1 Å². The lowest BCUT2D eigenvalue weighted by molar-refractivity contribution is -0.118. The molecular formula is C16H24N6O2. The Morgan fingerprint density at radius 1 is 1.46 bits per heavy atom. The summed E-state index contributed by atoms with van der Waals surface area (Å²) in [6.07, 6.45) is 3.40. The van der Waals surface area contributed by atoms with Crippen LogP contribution in [-0.2, 0) is 24.2 Å². The van der Waals surface area contributed by atoms with Gasteiger partial charge in [-0.05, 0) is 19.8 Å². The van der Waals surface area contributed by atoms with Gasteiger partial charge in [-0.3, -0.25) is 4.79 Å². The van der Waals surface area contributed by atoms with Gasteiger partial charge in [-0.25, -0.2) is 0 Å². The van der Waals surface area contributed by atoms with Crippen molar-refractivity contribution in [3.63, 3.8) is 0 Å². The van der Waals surface area contributed by atoms with Crippen LogP contribution in [0.1, 0.15) is 44.1 Å². The van der Waals surface area contributed by atoms with Crippen molar-refractivity contribution in [3.8, 4) is 0 Å². The van der Waals surface area contributed by atoms with Crippen LogP contribution in [0.3, 0.4) is 0 Å². The van der Waals surface area contributed by atoms with Crippen LogP contribution in [-0.4, -0.2) is 37.9 Å². The molecule has 130 valence electrons. The van der Waals surface area contributed by atoms with Crippen molar-refractivity contribution in [1.82, 2.24) is 25.2 Å². The molecule has 3 heterocycles. The van der Waals surface area contributed by atoms with Gasteiger partial charge in [0.25, 0.3) is 0 Å². The summed E-state index contributed by atoms with van der Waals surface area (Å²) in [5.41, 5.74) is 0. The molecule has 0 spiro atoms. The normalized spacial score (nSPS) is 18.2. The van der Waals surface area contributed by atoms with E-state index in [9.17, 15) is 4.79 Å². The predicted molar refractivity (Wildman–Crippen MR) is 88.6 cm³/mol. The number of aromatic nitrogens is 4. The maximum Gasteiger partial charge on any atom is 0.242 e. The minimum Gasteiger partial charge on any atom is -0.360 e. The molecule has 0 saturated carbocycles. The lowest BCUT2D eigenvalue weighted by Crippen LogP contribution is -2.48. The van der Waals surface area contributed by atoms with Gasteiger partial charge in [-0.15, -0.1) is 10.2 Å². The molecule has 8 heteroatoms. The molecule has 3 rings (SSSR count). The van der Waals surface area contributed by atoms with Crippen molar-refractivity contribution in [2.24, 2.45) is 0 Å². The van der Waals surface area contributed by atoms with E-state index in [0.29, 0.717) is 18.0 Å². The fraction of sp³-hybridized carbons (Fsp3) is 0.625. The second kappa shape index (κ2) is 7.12. The maximum absolute atomic E-state index is 12.5. The monoisotopic (exact) mass is 332 g/mol. The van der Waals surface area contributed by atoms with Gasteiger partial charge in [-0.2, -0.15) is 0 Å². The van der Waals surface area contributed by atoms with E-state index in [0.717, 1.165) is 37.5 Å². The van der Waals surface area contributed by atoms with E-state index in [4.69, 9.17) is 4.52 Å². The molecule has 1 aliphatic rings. The predicted octanol–water partition coefficient (Wildman–Crippen LogP) is 1.46. The highest BCUT2D eigenvalue weighted by Crippen LogP contribution is 2.17. The number of amides is 1. The first-order chi connectivity index (χ1) is 11.6. The Kier molecular flexibility index (Phi) is 4.94. The van der Waals surface area contributed by atoms with Crippen molar-refractivity contribution >= 4 is 11.7 Å². The highest BCUT2D eigenvalue weighted by molar-refractivity contribution is 5.94. The van der Waals surface area contributed by atoms with Crippen LogP contribution in [0.5, 0.6) is 0 Å². The molecule has 8 nitrogen and oxygen atoms in total. The van der Waals surface area contributed by atoms with Gasteiger partial charge < -0.3 is 19.7 Å².